The zero-order chi connectivity index (χ0) is 15.0. The molecule has 0 radical (unpaired) electrons. The average Bonchev–Trinajstić information content (AvgIpc) is 2.96. The van der Waals surface area contributed by atoms with Crippen molar-refractivity contribution in [2.75, 3.05) is 13.2 Å². The molecule has 112 valence electrons. The smallest absolute Gasteiger partial charge is 0.263 e. The zero-order valence-corrected chi connectivity index (χ0v) is 13.9. The maximum atomic E-state index is 12.3. The van der Waals surface area contributed by atoms with E-state index in [1.54, 1.807) is 0 Å². The van der Waals surface area contributed by atoms with E-state index in [1.807, 2.05) is 19.1 Å². The lowest BCUT2D eigenvalue weighted by molar-refractivity contribution is 0.0938. The Morgan fingerprint density at radius 2 is 2.24 bits per heavy atom. The lowest BCUT2D eigenvalue weighted by Gasteiger charge is -2.11. The van der Waals surface area contributed by atoms with Crippen molar-refractivity contribution in [2.45, 2.75) is 19.8 Å². The highest BCUT2D eigenvalue weighted by atomic mass is 35.5. The number of thiazole rings is 1. The molecule has 1 saturated carbocycles. The summed E-state index contributed by atoms with van der Waals surface area (Å²) in [7, 11) is 0. The molecular weight excluding hydrogens is 328 g/mol. The van der Waals surface area contributed by atoms with Gasteiger partial charge in [-0.25, -0.2) is 4.98 Å². The number of nitrogens with one attached hydrogen (secondary N) is 1. The fraction of sp³-hybridized carbons (Fsp3) is 0.429. The van der Waals surface area contributed by atoms with Gasteiger partial charge in [0, 0.05) is 12.0 Å². The molecule has 0 spiro atoms. The van der Waals surface area contributed by atoms with Crippen LogP contribution in [-0.2, 0) is 0 Å². The third-order valence-corrected chi connectivity index (χ3v) is 6.26. The molecule has 7 heteroatoms. The Labute approximate surface area is 135 Å². The first-order valence-electron chi connectivity index (χ1n) is 6.65. The fourth-order valence-corrected chi connectivity index (χ4v) is 4.14. The zero-order valence-electron chi connectivity index (χ0n) is 11.5. The van der Waals surface area contributed by atoms with Gasteiger partial charge in [-0.05, 0) is 31.9 Å². The van der Waals surface area contributed by atoms with Crippen molar-refractivity contribution in [1.82, 2.24) is 10.3 Å². The van der Waals surface area contributed by atoms with Crippen molar-refractivity contribution in [1.29, 1.82) is 0 Å². The topological polar surface area (TPSA) is 62.2 Å². The van der Waals surface area contributed by atoms with Gasteiger partial charge in [0.25, 0.3) is 5.91 Å². The van der Waals surface area contributed by atoms with Gasteiger partial charge in [0.15, 0.2) is 0 Å². The van der Waals surface area contributed by atoms with E-state index >= 15 is 0 Å². The predicted octanol–water partition coefficient (Wildman–Crippen LogP) is 3.34. The molecule has 0 aromatic carbocycles. The Bertz CT molecular complexity index is 676. The number of aromatic nitrogens is 1. The number of nitrogens with zero attached hydrogens (tertiary/aromatic N) is 1. The number of carbonyl (C=O) groups excluding carboxylic acids is 1. The minimum Gasteiger partial charge on any atom is -0.396 e. The SMILES string of the molecule is Cc1nc(-c2ccc(Cl)s2)sc1C(=O)NCC1(CO)CC1. The molecular formula is C14H15ClN2O2S2. The molecule has 2 aromatic rings. The van der Waals surface area contributed by atoms with Crippen LogP contribution in [0.15, 0.2) is 12.1 Å². The maximum Gasteiger partial charge on any atom is 0.263 e. The molecule has 1 aliphatic rings. The van der Waals surface area contributed by atoms with Crippen LogP contribution in [0.1, 0.15) is 28.2 Å². The van der Waals surface area contributed by atoms with Crippen LogP contribution in [0.5, 0.6) is 0 Å². The summed E-state index contributed by atoms with van der Waals surface area (Å²) in [5.74, 6) is -0.112. The third-order valence-electron chi connectivity index (χ3n) is 3.70. The molecule has 2 N–H and O–H groups in total. The number of thiophene rings is 1. The van der Waals surface area contributed by atoms with Crippen molar-refractivity contribution >= 4 is 40.2 Å². The number of halogens is 1. The minimum atomic E-state index is -0.112. The van der Waals surface area contributed by atoms with Crippen LogP contribution < -0.4 is 5.32 Å². The predicted molar refractivity (Wildman–Crippen MR) is 86.3 cm³/mol. The van der Waals surface area contributed by atoms with Gasteiger partial charge >= 0.3 is 0 Å². The van der Waals surface area contributed by atoms with Gasteiger partial charge in [-0.15, -0.1) is 22.7 Å². The molecule has 1 fully saturated rings. The van der Waals surface area contributed by atoms with E-state index in [0.29, 0.717) is 15.8 Å². The normalized spacial score (nSPS) is 16.0. The van der Waals surface area contributed by atoms with E-state index in [9.17, 15) is 9.90 Å². The molecule has 0 aliphatic heterocycles. The van der Waals surface area contributed by atoms with Crippen LogP contribution in [-0.4, -0.2) is 29.1 Å². The van der Waals surface area contributed by atoms with E-state index in [-0.39, 0.29) is 17.9 Å². The molecule has 2 aromatic heterocycles. The van der Waals surface area contributed by atoms with Crippen LogP contribution in [0, 0.1) is 12.3 Å². The summed E-state index contributed by atoms with van der Waals surface area (Å²) in [6, 6.07) is 3.74. The number of aliphatic hydroxyl groups is 1. The fourth-order valence-electron chi connectivity index (χ4n) is 2.06. The van der Waals surface area contributed by atoms with Gasteiger partial charge in [-0.2, -0.15) is 0 Å². The number of carbonyl (C=O) groups is 1. The van der Waals surface area contributed by atoms with Crippen LogP contribution in [0.25, 0.3) is 9.88 Å². The highest BCUT2D eigenvalue weighted by Gasteiger charge is 2.42. The van der Waals surface area contributed by atoms with Gasteiger partial charge in [-0.1, -0.05) is 11.6 Å². The Balaban J connectivity index is 1.73. The summed E-state index contributed by atoms with van der Waals surface area (Å²) in [5.41, 5.74) is 0.643. The molecule has 2 heterocycles. The highest BCUT2D eigenvalue weighted by Crippen LogP contribution is 2.44. The van der Waals surface area contributed by atoms with E-state index in [2.05, 4.69) is 10.3 Å². The largest absolute Gasteiger partial charge is 0.396 e. The number of hydrogen-bond acceptors (Lipinski definition) is 5. The highest BCUT2D eigenvalue weighted by molar-refractivity contribution is 7.24. The second-order valence-corrected chi connectivity index (χ2v) is 8.09. The van der Waals surface area contributed by atoms with Crippen LogP contribution in [0.4, 0.5) is 0 Å². The Morgan fingerprint density at radius 1 is 1.48 bits per heavy atom. The number of hydrogen-bond donors (Lipinski definition) is 2. The van der Waals surface area contributed by atoms with Crippen molar-refractivity contribution in [3.8, 4) is 9.88 Å². The van der Waals surface area contributed by atoms with Crippen LogP contribution in [0.2, 0.25) is 4.34 Å². The molecule has 0 atom stereocenters. The molecule has 0 unspecified atom stereocenters. The van der Waals surface area contributed by atoms with Gasteiger partial charge in [-0.3, -0.25) is 4.79 Å². The number of aryl methyl sites for hydroxylation is 1. The summed E-state index contributed by atoms with van der Waals surface area (Å²) in [5, 5.41) is 13.0. The number of rotatable bonds is 5. The van der Waals surface area contributed by atoms with Crippen molar-refractivity contribution in [3.63, 3.8) is 0 Å². The van der Waals surface area contributed by atoms with Gasteiger partial charge in [0.2, 0.25) is 0 Å². The maximum absolute atomic E-state index is 12.3. The number of amides is 1. The van der Waals surface area contributed by atoms with Crippen LogP contribution in [0.3, 0.4) is 0 Å². The van der Waals surface area contributed by atoms with Gasteiger partial charge < -0.3 is 10.4 Å². The standard InChI is InChI=1S/C14H15ClN2O2S2/c1-8-11(12(19)16-6-14(7-18)4-5-14)21-13(17-8)9-2-3-10(15)20-9/h2-3,18H,4-7H2,1H3,(H,16,19). The summed E-state index contributed by atoms with van der Waals surface area (Å²) in [6.07, 6.45) is 1.95. The summed E-state index contributed by atoms with van der Waals surface area (Å²) < 4.78 is 0.711. The molecule has 4 nitrogen and oxygen atoms in total. The van der Waals surface area contributed by atoms with E-state index < -0.39 is 0 Å². The summed E-state index contributed by atoms with van der Waals surface area (Å²) in [6.45, 7) is 2.50. The van der Waals surface area contributed by atoms with E-state index in [1.165, 1.54) is 22.7 Å². The van der Waals surface area contributed by atoms with Crippen molar-refractivity contribution in [3.05, 3.63) is 27.0 Å². The second-order valence-electron chi connectivity index (χ2n) is 5.38. The number of aliphatic hydroxyl groups excluding tert-OH is 1. The molecule has 1 amide bonds. The Hall–Kier alpha value is -0.950. The lowest BCUT2D eigenvalue weighted by atomic mass is 10.1. The Morgan fingerprint density at radius 3 is 2.81 bits per heavy atom. The molecule has 21 heavy (non-hydrogen) atoms. The molecule has 1 aliphatic carbocycles. The lowest BCUT2D eigenvalue weighted by Crippen LogP contribution is -2.31. The molecule has 0 saturated heterocycles. The quantitative estimate of drug-likeness (QED) is 0.876. The Kier molecular flexibility index (Phi) is 4.05. The first-order valence-corrected chi connectivity index (χ1v) is 8.66. The monoisotopic (exact) mass is 342 g/mol. The second kappa shape index (κ2) is 5.68. The minimum absolute atomic E-state index is 0.0850. The van der Waals surface area contributed by atoms with E-state index in [4.69, 9.17) is 11.6 Å². The van der Waals surface area contributed by atoms with Crippen molar-refractivity contribution < 1.29 is 9.90 Å². The first-order chi connectivity index (χ1) is 10.0. The average molecular weight is 343 g/mol. The van der Waals surface area contributed by atoms with Gasteiger partial charge in [0.1, 0.15) is 9.88 Å². The van der Waals surface area contributed by atoms with Crippen LogP contribution >= 0.6 is 34.3 Å². The third kappa shape index (κ3) is 3.13. The first kappa shape index (κ1) is 15.0. The summed E-state index contributed by atoms with van der Waals surface area (Å²) >= 11 is 8.77. The molecule has 0 bridgehead atoms. The van der Waals surface area contributed by atoms with Gasteiger partial charge in [0.05, 0.1) is 21.5 Å². The summed E-state index contributed by atoms with van der Waals surface area (Å²) in [4.78, 5) is 18.3. The molecule has 3 rings (SSSR count). The van der Waals surface area contributed by atoms with E-state index in [0.717, 1.165) is 28.4 Å². The van der Waals surface area contributed by atoms with Crippen molar-refractivity contribution in [2.24, 2.45) is 5.41 Å².